The van der Waals surface area contributed by atoms with E-state index >= 15 is 0 Å². The van der Waals surface area contributed by atoms with E-state index in [1.54, 1.807) is 6.07 Å². The molecule has 0 aliphatic heterocycles. The van der Waals surface area contributed by atoms with Crippen molar-refractivity contribution in [3.63, 3.8) is 0 Å². The van der Waals surface area contributed by atoms with Crippen LogP contribution in [0.25, 0.3) is 0 Å². The van der Waals surface area contributed by atoms with Crippen LogP contribution in [0, 0.1) is 23.0 Å². The number of para-hydroxylation sites is 1. The molecule has 0 fully saturated rings. The molecule has 1 aromatic carbocycles. The fourth-order valence-corrected chi connectivity index (χ4v) is 0.725. The molecule has 0 atom stereocenters. The van der Waals surface area contributed by atoms with Gasteiger partial charge in [-0.05, 0) is 12.1 Å². The molecule has 0 bridgehead atoms. The summed E-state index contributed by atoms with van der Waals surface area (Å²) in [6.45, 7) is -0.363. The average molecular weight is 169 g/mol. The molecule has 0 unspecified atom stereocenters. The van der Waals surface area contributed by atoms with Crippen LogP contribution < -0.4 is 4.74 Å². The van der Waals surface area contributed by atoms with Crippen molar-refractivity contribution in [2.24, 2.45) is 0 Å². The topological polar surface area (TPSA) is 33.0 Å². The monoisotopic (exact) mass is 169 g/mol. The molecular weight excluding hydrogens is 164 g/mol. The molecule has 0 N–H and O–H groups in total. The Balaban J connectivity index is 2.90. The Morgan fingerprint density at radius 3 is 2.42 bits per heavy atom. The van der Waals surface area contributed by atoms with E-state index in [-0.39, 0.29) is 6.61 Å². The van der Waals surface area contributed by atoms with Crippen molar-refractivity contribution in [1.82, 2.24) is 0 Å². The van der Waals surface area contributed by atoms with E-state index < -0.39 is 17.4 Å². The number of rotatable bonds is 2. The number of halogens is 2. The van der Waals surface area contributed by atoms with Crippen molar-refractivity contribution in [2.45, 2.75) is 0 Å². The van der Waals surface area contributed by atoms with Crippen molar-refractivity contribution >= 4 is 0 Å². The number of hydrogen-bond donors (Lipinski definition) is 0. The summed E-state index contributed by atoms with van der Waals surface area (Å²) < 4.78 is 29.9. The maximum absolute atomic E-state index is 12.7. The first-order chi connectivity index (χ1) is 5.75. The van der Waals surface area contributed by atoms with E-state index in [0.717, 1.165) is 12.1 Å². The minimum atomic E-state index is -0.801. The summed E-state index contributed by atoms with van der Waals surface area (Å²) in [5, 5.41) is 8.09. The molecule has 0 aliphatic rings. The van der Waals surface area contributed by atoms with Crippen molar-refractivity contribution in [3.05, 3.63) is 29.8 Å². The van der Waals surface area contributed by atoms with E-state index in [9.17, 15) is 8.78 Å². The van der Waals surface area contributed by atoms with E-state index in [4.69, 9.17) is 5.26 Å². The maximum Gasteiger partial charge on any atom is 0.192 e. The first-order valence-electron chi connectivity index (χ1n) is 3.19. The summed E-state index contributed by atoms with van der Waals surface area (Å²) in [7, 11) is 0. The summed E-state index contributed by atoms with van der Waals surface area (Å²) in [4.78, 5) is 0. The first-order valence-corrected chi connectivity index (χ1v) is 3.19. The van der Waals surface area contributed by atoms with Gasteiger partial charge in [-0.1, -0.05) is 6.07 Å². The summed E-state index contributed by atoms with van der Waals surface area (Å²) >= 11 is 0. The van der Waals surface area contributed by atoms with Gasteiger partial charge in [-0.2, -0.15) is 5.26 Å². The molecule has 0 spiro atoms. The Morgan fingerprint density at radius 2 is 1.92 bits per heavy atom. The molecule has 4 heteroatoms. The van der Waals surface area contributed by atoms with E-state index in [1.807, 2.05) is 0 Å². The SMILES string of the molecule is N#CCOc1c(F)cccc1F. The molecule has 1 rings (SSSR count). The van der Waals surface area contributed by atoms with Crippen LogP contribution in [0.2, 0.25) is 0 Å². The van der Waals surface area contributed by atoms with Crippen LogP contribution >= 0.6 is 0 Å². The third kappa shape index (κ3) is 1.70. The van der Waals surface area contributed by atoms with Gasteiger partial charge in [-0.25, -0.2) is 8.78 Å². The maximum atomic E-state index is 12.7. The Hall–Kier alpha value is -1.63. The fourth-order valence-electron chi connectivity index (χ4n) is 0.725. The van der Waals surface area contributed by atoms with E-state index in [2.05, 4.69) is 4.74 Å². The Labute approximate surface area is 68.0 Å². The van der Waals surface area contributed by atoms with Crippen LogP contribution in [-0.2, 0) is 0 Å². The van der Waals surface area contributed by atoms with Gasteiger partial charge in [0.2, 0.25) is 0 Å². The third-order valence-electron chi connectivity index (χ3n) is 1.20. The van der Waals surface area contributed by atoms with Gasteiger partial charge in [0.1, 0.15) is 6.07 Å². The minimum absolute atomic E-state index is 0.363. The summed E-state index contributed by atoms with van der Waals surface area (Å²) in [6.07, 6.45) is 0. The molecule has 0 saturated heterocycles. The summed E-state index contributed by atoms with van der Waals surface area (Å²) in [5.41, 5.74) is 0. The zero-order valence-electron chi connectivity index (χ0n) is 6.05. The number of ether oxygens (including phenoxy) is 1. The lowest BCUT2D eigenvalue weighted by Crippen LogP contribution is -1.98. The van der Waals surface area contributed by atoms with Gasteiger partial charge in [-0.3, -0.25) is 0 Å². The molecule has 0 radical (unpaired) electrons. The summed E-state index contributed by atoms with van der Waals surface area (Å²) in [5.74, 6) is -2.10. The predicted molar refractivity (Wildman–Crippen MR) is 37.5 cm³/mol. The standard InChI is InChI=1S/C8H5F2NO/c9-6-2-1-3-7(10)8(6)12-5-4-11/h1-3H,5H2. The van der Waals surface area contributed by atoms with Gasteiger partial charge < -0.3 is 4.74 Å². The van der Waals surface area contributed by atoms with Crippen LogP contribution in [0.15, 0.2) is 18.2 Å². The quantitative estimate of drug-likeness (QED) is 0.677. The lowest BCUT2D eigenvalue weighted by Gasteiger charge is -2.02. The van der Waals surface area contributed by atoms with Gasteiger partial charge in [-0.15, -0.1) is 0 Å². The van der Waals surface area contributed by atoms with E-state index in [1.165, 1.54) is 6.07 Å². The second kappa shape index (κ2) is 3.67. The fraction of sp³-hybridized carbons (Fsp3) is 0.125. The number of hydrogen-bond acceptors (Lipinski definition) is 2. The molecular formula is C8H5F2NO. The average Bonchev–Trinajstić information content (AvgIpc) is 2.04. The number of nitriles is 1. The van der Waals surface area contributed by atoms with Crippen LogP contribution in [0.1, 0.15) is 0 Å². The Morgan fingerprint density at radius 1 is 1.33 bits per heavy atom. The molecule has 0 heterocycles. The molecule has 12 heavy (non-hydrogen) atoms. The number of nitrogens with zero attached hydrogens (tertiary/aromatic N) is 1. The Kier molecular flexibility index (Phi) is 2.59. The van der Waals surface area contributed by atoms with Crippen molar-refractivity contribution in [2.75, 3.05) is 6.61 Å². The molecule has 0 aliphatic carbocycles. The summed E-state index contributed by atoms with van der Waals surface area (Å²) in [6, 6.07) is 4.97. The number of benzene rings is 1. The molecule has 62 valence electrons. The van der Waals surface area contributed by atoms with Gasteiger partial charge in [0, 0.05) is 0 Å². The second-order valence-electron chi connectivity index (χ2n) is 2.00. The van der Waals surface area contributed by atoms with Crippen molar-refractivity contribution in [1.29, 1.82) is 5.26 Å². The normalized spacial score (nSPS) is 9.08. The van der Waals surface area contributed by atoms with Crippen LogP contribution in [-0.4, -0.2) is 6.61 Å². The van der Waals surface area contributed by atoms with Crippen molar-refractivity contribution in [3.8, 4) is 11.8 Å². The van der Waals surface area contributed by atoms with Crippen LogP contribution in [0.5, 0.6) is 5.75 Å². The lowest BCUT2D eigenvalue weighted by atomic mass is 10.3. The van der Waals surface area contributed by atoms with E-state index in [0.29, 0.717) is 0 Å². The second-order valence-corrected chi connectivity index (χ2v) is 2.00. The smallest absolute Gasteiger partial charge is 0.192 e. The zero-order chi connectivity index (χ0) is 8.97. The highest BCUT2D eigenvalue weighted by Crippen LogP contribution is 2.20. The zero-order valence-corrected chi connectivity index (χ0v) is 6.05. The first kappa shape index (κ1) is 8.47. The highest BCUT2D eigenvalue weighted by molar-refractivity contribution is 5.26. The largest absolute Gasteiger partial charge is 0.473 e. The molecule has 0 amide bonds. The molecule has 0 aromatic heterocycles. The van der Waals surface area contributed by atoms with Gasteiger partial charge in [0.25, 0.3) is 0 Å². The minimum Gasteiger partial charge on any atom is -0.473 e. The van der Waals surface area contributed by atoms with Gasteiger partial charge in [0.05, 0.1) is 0 Å². The van der Waals surface area contributed by atoms with Crippen molar-refractivity contribution < 1.29 is 13.5 Å². The van der Waals surface area contributed by atoms with Gasteiger partial charge in [0.15, 0.2) is 24.0 Å². The molecule has 0 saturated carbocycles. The van der Waals surface area contributed by atoms with Crippen LogP contribution in [0.3, 0.4) is 0 Å². The van der Waals surface area contributed by atoms with Crippen LogP contribution in [0.4, 0.5) is 8.78 Å². The predicted octanol–water partition coefficient (Wildman–Crippen LogP) is 1.87. The third-order valence-corrected chi connectivity index (χ3v) is 1.20. The Bertz CT molecular complexity index is 299. The van der Waals surface area contributed by atoms with Gasteiger partial charge >= 0.3 is 0 Å². The molecule has 1 aromatic rings. The highest BCUT2D eigenvalue weighted by Gasteiger charge is 2.08. The lowest BCUT2D eigenvalue weighted by molar-refractivity contribution is 0.325. The highest BCUT2D eigenvalue weighted by atomic mass is 19.1. The molecule has 2 nitrogen and oxygen atoms in total.